The van der Waals surface area contributed by atoms with Gasteiger partial charge in [0.25, 0.3) is 0 Å². The van der Waals surface area contributed by atoms with Crippen molar-refractivity contribution < 1.29 is 17.9 Å². The van der Waals surface area contributed by atoms with Gasteiger partial charge in [0, 0.05) is 38.4 Å². The molecule has 1 saturated heterocycles. The van der Waals surface area contributed by atoms with Gasteiger partial charge in [-0.3, -0.25) is 4.79 Å². The molecule has 148 valence electrons. The fourth-order valence-corrected chi connectivity index (χ4v) is 4.05. The van der Waals surface area contributed by atoms with Gasteiger partial charge < -0.3 is 9.64 Å². The lowest BCUT2D eigenvalue weighted by Crippen LogP contribution is -2.53. The maximum Gasteiger partial charge on any atom is 0.219 e. The number of carbonyl (C=O) groups excluding carboxylic acids is 1. The van der Waals surface area contributed by atoms with E-state index in [1.54, 1.807) is 11.8 Å². The lowest BCUT2D eigenvalue weighted by atomic mass is 9.93. The average molecular weight is 394 g/mol. The molecule has 0 bridgehead atoms. The van der Waals surface area contributed by atoms with E-state index in [2.05, 4.69) is 10.8 Å². The molecule has 1 aromatic rings. The molecule has 0 radical (unpaired) electrons. The molecule has 0 saturated carbocycles. The summed E-state index contributed by atoms with van der Waals surface area (Å²) < 4.78 is 32.6. The zero-order valence-electron chi connectivity index (χ0n) is 15.8. The molecule has 7 nitrogen and oxygen atoms in total. The van der Waals surface area contributed by atoms with E-state index < -0.39 is 10.0 Å². The molecule has 0 aromatic heterocycles. The number of nitrogens with one attached hydrogen (secondary N) is 1. The van der Waals surface area contributed by atoms with Crippen molar-refractivity contribution in [2.24, 2.45) is 5.92 Å². The van der Waals surface area contributed by atoms with Gasteiger partial charge in [0.05, 0.1) is 18.4 Å². The summed E-state index contributed by atoms with van der Waals surface area (Å²) in [6.45, 7) is 4.45. The topological polar surface area (TPSA) is 99.5 Å². The number of piperidine rings is 1. The Balaban J connectivity index is 2.01. The van der Waals surface area contributed by atoms with Crippen molar-refractivity contribution in [1.82, 2.24) is 9.62 Å². The monoisotopic (exact) mass is 393 g/mol. The lowest BCUT2D eigenvalue weighted by Gasteiger charge is -2.38. The van der Waals surface area contributed by atoms with Crippen molar-refractivity contribution in [1.29, 1.82) is 5.26 Å². The van der Waals surface area contributed by atoms with E-state index in [0.717, 1.165) is 5.56 Å². The highest BCUT2D eigenvalue weighted by Gasteiger charge is 2.33. The Morgan fingerprint density at radius 3 is 2.67 bits per heavy atom. The number of nitriles is 1. The van der Waals surface area contributed by atoms with Gasteiger partial charge in [-0.05, 0) is 37.5 Å². The van der Waals surface area contributed by atoms with Crippen LogP contribution in [0.3, 0.4) is 0 Å². The van der Waals surface area contributed by atoms with Crippen LogP contribution in [0.4, 0.5) is 0 Å². The Kier molecular flexibility index (Phi) is 7.63. The third kappa shape index (κ3) is 6.52. The maximum absolute atomic E-state index is 12.0. The number of ether oxygens (including phenoxy) is 1. The molecule has 0 aliphatic carbocycles. The van der Waals surface area contributed by atoms with Crippen molar-refractivity contribution in [3.63, 3.8) is 0 Å². The zero-order chi connectivity index (χ0) is 19.9. The number of sulfonamides is 1. The Hall–Kier alpha value is -2.11. The van der Waals surface area contributed by atoms with Crippen molar-refractivity contribution in [3.05, 3.63) is 29.8 Å². The SMILES string of the molecule is CCS(=O)(=O)N[C@H]1CCN(C(C)=O)C[C@@H]1COc1ccc(CCC#N)cc1. The molecule has 0 spiro atoms. The molecule has 2 atom stereocenters. The molecular formula is C19H27N3O4S. The summed E-state index contributed by atoms with van der Waals surface area (Å²) in [7, 11) is -3.32. The summed E-state index contributed by atoms with van der Waals surface area (Å²) in [5, 5.41) is 8.64. The van der Waals surface area contributed by atoms with Crippen LogP contribution >= 0.6 is 0 Å². The van der Waals surface area contributed by atoms with Crippen LogP contribution in [-0.2, 0) is 21.2 Å². The summed E-state index contributed by atoms with van der Waals surface area (Å²) >= 11 is 0. The Bertz CT molecular complexity index is 771. The van der Waals surface area contributed by atoms with E-state index in [1.165, 1.54) is 6.92 Å². The molecule has 8 heteroatoms. The quantitative estimate of drug-likeness (QED) is 0.725. The van der Waals surface area contributed by atoms with Crippen LogP contribution in [-0.4, -0.2) is 50.7 Å². The molecule has 1 N–H and O–H groups in total. The summed E-state index contributed by atoms with van der Waals surface area (Å²) in [5.74, 6) is 0.575. The van der Waals surface area contributed by atoms with E-state index in [-0.39, 0.29) is 23.6 Å². The number of nitrogens with zero attached hydrogens (tertiary/aromatic N) is 2. The second-order valence-corrected chi connectivity index (χ2v) is 8.80. The van der Waals surface area contributed by atoms with Gasteiger partial charge in [-0.15, -0.1) is 0 Å². The standard InChI is InChI=1S/C19H27N3O4S/c1-3-27(24,25)21-19-10-12-22(15(2)23)13-17(19)14-26-18-8-6-16(7-9-18)5-4-11-20/h6-9,17,19,21H,3-5,10,12-14H2,1-2H3/t17-,19+/m1/s1. The summed E-state index contributed by atoms with van der Waals surface area (Å²) in [4.78, 5) is 13.4. The van der Waals surface area contributed by atoms with Crippen LogP contribution in [0.15, 0.2) is 24.3 Å². The Morgan fingerprint density at radius 1 is 1.37 bits per heavy atom. The summed E-state index contributed by atoms with van der Waals surface area (Å²) in [6.07, 6.45) is 1.75. The zero-order valence-corrected chi connectivity index (χ0v) is 16.7. The van der Waals surface area contributed by atoms with Crippen LogP contribution in [0.1, 0.15) is 32.3 Å². The molecule has 27 heavy (non-hydrogen) atoms. The predicted octanol–water partition coefficient (Wildman–Crippen LogP) is 1.70. The highest BCUT2D eigenvalue weighted by atomic mass is 32.2. The lowest BCUT2D eigenvalue weighted by molar-refractivity contribution is -0.131. The first-order valence-electron chi connectivity index (χ1n) is 9.19. The van der Waals surface area contributed by atoms with E-state index in [9.17, 15) is 13.2 Å². The van der Waals surface area contributed by atoms with Crippen LogP contribution in [0.25, 0.3) is 0 Å². The van der Waals surface area contributed by atoms with Crippen molar-refractivity contribution in [2.75, 3.05) is 25.4 Å². The normalized spacial score (nSPS) is 20.1. The van der Waals surface area contributed by atoms with E-state index in [0.29, 0.717) is 44.7 Å². The van der Waals surface area contributed by atoms with Gasteiger partial charge in [0.2, 0.25) is 15.9 Å². The van der Waals surface area contributed by atoms with E-state index >= 15 is 0 Å². The highest BCUT2D eigenvalue weighted by molar-refractivity contribution is 7.89. The Labute approximate surface area is 161 Å². The maximum atomic E-state index is 12.0. The van der Waals surface area contributed by atoms with Gasteiger partial charge in [-0.25, -0.2) is 13.1 Å². The number of hydrogen-bond donors (Lipinski definition) is 1. The van der Waals surface area contributed by atoms with Crippen molar-refractivity contribution in [3.8, 4) is 11.8 Å². The second-order valence-electron chi connectivity index (χ2n) is 6.75. The number of benzene rings is 1. The number of aryl methyl sites for hydroxylation is 1. The molecule has 1 fully saturated rings. The minimum atomic E-state index is -3.32. The van der Waals surface area contributed by atoms with E-state index in [4.69, 9.17) is 10.00 Å². The molecule has 1 aromatic carbocycles. The minimum absolute atomic E-state index is 0.0151. The number of hydrogen-bond acceptors (Lipinski definition) is 5. The largest absolute Gasteiger partial charge is 0.493 e. The Morgan fingerprint density at radius 2 is 2.07 bits per heavy atom. The predicted molar refractivity (Wildman–Crippen MR) is 103 cm³/mol. The first-order chi connectivity index (χ1) is 12.8. The number of rotatable bonds is 8. The van der Waals surface area contributed by atoms with Crippen LogP contribution in [0.5, 0.6) is 5.75 Å². The average Bonchev–Trinajstić information content (AvgIpc) is 2.66. The van der Waals surface area contributed by atoms with Gasteiger partial charge >= 0.3 is 0 Å². The fraction of sp³-hybridized carbons (Fsp3) is 0.579. The smallest absolute Gasteiger partial charge is 0.219 e. The summed E-state index contributed by atoms with van der Waals surface area (Å²) in [5.41, 5.74) is 1.07. The molecule has 1 aliphatic heterocycles. The third-order valence-electron chi connectivity index (χ3n) is 4.80. The third-order valence-corrected chi connectivity index (χ3v) is 6.23. The van der Waals surface area contributed by atoms with Crippen molar-refractivity contribution in [2.45, 2.75) is 39.2 Å². The number of carbonyl (C=O) groups is 1. The van der Waals surface area contributed by atoms with Gasteiger partial charge in [0.1, 0.15) is 5.75 Å². The van der Waals surface area contributed by atoms with Crippen LogP contribution in [0.2, 0.25) is 0 Å². The van der Waals surface area contributed by atoms with E-state index in [1.807, 2.05) is 24.3 Å². The second kappa shape index (κ2) is 9.72. The summed E-state index contributed by atoms with van der Waals surface area (Å²) in [6, 6.07) is 9.42. The van der Waals surface area contributed by atoms with Crippen LogP contribution in [0, 0.1) is 17.2 Å². The number of amides is 1. The van der Waals surface area contributed by atoms with Gasteiger partial charge in [-0.1, -0.05) is 12.1 Å². The molecule has 0 unspecified atom stereocenters. The molecule has 2 rings (SSSR count). The molecule has 1 amide bonds. The molecular weight excluding hydrogens is 366 g/mol. The van der Waals surface area contributed by atoms with Gasteiger partial charge in [-0.2, -0.15) is 5.26 Å². The molecule has 1 heterocycles. The fourth-order valence-electron chi connectivity index (χ4n) is 3.11. The van der Waals surface area contributed by atoms with Crippen LogP contribution < -0.4 is 9.46 Å². The number of likely N-dealkylation sites (tertiary alicyclic amines) is 1. The first-order valence-corrected chi connectivity index (χ1v) is 10.8. The van der Waals surface area contributed by atoms with Gasteiger partial charge in [0.15, 0.2) is 0 Å². The van der Waals surface area contributed by atoms with Crippen molar-refractivity contribution >= 4 is 15.9 Å². The highest BCUT2D eigenvalue weighted by Crippen LogP contribution is 2.21. The first kappa shape index (κ1) is 21.2. The molecule has 1 aliphatic rings. The minimum Gasteiger partial charge on any atom is -0.493 e.